The Balaban J connectivity index is 2.93. The van der Waals surface area contributed by atoms with Crippen molar-refractivity contribution in [2.75, 3.05) is 7.05 Å². The maximum Gasteiger partial charge on any atom is -0.0132 e. The monoisotopic (exact) mass is 162 g/mol. The Labute approximate surface area is 74.8 Å². The zero-order valence-electron chi connectivity index (χ0n) is 8.26. The van der Waals surface area contributed by atoms with E-state index in [-0.39, 0.29) is 5.41 Å². The molecule has 0 saturated heterocycles. The third-order valence-corrected chi connectivity index (χ3v) is 1.99. The molecule has 1 nitrogen and oxygen atoms in total. The van der Waals surface area contributed by atoms with Crippen LogP contribution >= 0.6 is 0 Å². The second kappa shape index (κ2) is 3.18. The van der Waals surface area contributed by atoms with Crippen LogP contribution in [-0.4, -0.2) is 7.05 Å². The molecule has 0 amide bonds. The van der Waals surface area contributed by atoms with E-state index < -0.39 is 0 Å². The van der Waals surface area contributed by atoms with E-state index in [9.17, 15) is 0 Å². The minimum Gasteiger partial charge on any atom is -0.687 e. The number of rotatable bonds is 1. The van der Waals surface area contributed by atoms with Crippen molar-refractivity contribution < 1.29 is 0 Å². The van der Waals surface area contributed by atoms with Crippen LogP contribution in [-0.2, 0) is 5.41 Å². The third kappa shape index (κ3) is 2.00. The predicted octanol–water partition coefficient (Wildman–Crippen LogP) is 3.62. The van der Waals surface area contributed by atoms with E-state index in [2.05, 4.69) is 50.4 Å². The summed E-state index contributed by atoms with van der Waals surface area (Å²) < 4.78 is 0. The molecule has 12 heavy (non-hydrogen) atoms. The second-order valence-corrected chi connectivity index (χ2v) is 4.02. The average Bonchev–Trinajstić information content (AvgIpc) is 2.03. The number of hydrogen-bond acceptors (Lipinski definition) is 0. The largest absolute Gasteiger partial charge is 0.687 e. The molecule has 0 spiro atoms. The van der Waals surface area contributed by atoms with E-state index in [1.54, 1.807) is 0 Å². The molecule has 0 N–H and O–H groups in total. The van der Waals surface area contributed by atoms with Gasteiger partial charge in [-0.25, -0.2) is 0 Å². The van der Waals surface area contributed by atoms with Crippen LogP contribution in [0.4, 0.5) is 5.69 Å². The fraction of sp³-hybridized carbons (Fsp3) is 0.455. The van der Waals surface area contributed by atoms with Crippen LogP contribution in [0, 0.1) is 0 Å². The van der Waals surface area contributed by atoms with Crippen LogP contribution in [0.5, 0.6) is 0 Å². The Bertz CT molecular complexity index is 241. The van der Waals surface area contributed by atoms with Crippen molar-refractivity contribution in [1.29, 1.82) is 0 Å². The molecule has 66 valence electrons. The van der Waals surface area contributed by atoms with E-state index in [4.69, 9.17) is 0 Å². The second-order valence-electron chi connectivity index (χ2n) is 4.02. The van der Waals surface area contributed by atoms with Gasteiger partial charge in [0.1, 0.15) is 0 Å². The van der Waals surface area contributed by atoms with E-state index in [0.29, 0.717) is 0 Å². The first kappa shape index (κ1) is 9.11. The van der Waals surface area contributed by atoms with Crippen LogP contribution in [0.15, 0.2) is 24.3 Å². The fourth-order valence-corrected chi connectivity index (χ4v) is 1.11. The van der Waals surface area contributed by atoms with Gasteiger partial charge in [0.2, 0.25) is 0 Å². The van der Waals surface area contributed by atoms with Crippen molar-refractivity contribution in [1.82, 2.24) is 0 Å². The number of nitrogens with zero attached hydrogens (tertiary/aromatic N) is 1. The van der Waals surface area contributed by atoms with Gasteiger partial charge in [0, 0.05) is 0 Å². The topological polar surface area (TPSA) is 14.1 Å². The van der Waals surface area contributed by atoms with Crippen LogP contribution in [0.3, 0.4) is 0 Å². The average molecular weight is 162 g/mol. The molecule has 0 radical (unpaired) electrons. The summed E-state index contributed by atoms with van der Waals surface area (Å²) in [6.07, 6.45) is 0. The van der Waals surface area contributed by atoms with Crippen LogP contribution in [0.2, 0.25) is 0 Å². The van der Waals surface area contributed by atoms with Crippen LogP contribution in [0.25, 0.3) is 5.32 Å². The molecule has 0 aliphatic rings. The lowest BCUT2D eigenvalue weighted by molar-refractivity contribution is 0.590. The molecule has 1 aromatic carbocycles. The molecule has 0 fully saturated rings. The summed E-state index contributed by atoms with van der Waals surface area (Å²) in [6.45, 7) is 6.64. The lowest BCUT2D eigenvalue weighted by Crippen LogP contribution is -2.10. The zero-order valence-corrected chi connectivity index (χ0v) is 8.26. The first-order valence-corrected chi connectivity index (χ1v) is 4.24. The van der Waals surface area contributed by atoms with Gasteiger partial charge in [-0.1, -0.05) is 45.0 Å². The Hall–Kier alpha value is -0.980. The van der Waals surface area contributed by atoms with Gasteiger partial charge in [-0.2, -0.15) is 0 Å². The molecular formula is C11H16N-. The normalized spacial score (nSPS) is 11.3. The van der Waals surface area contributed by atoms with E-state index >= 15 is 0 Å². The molecule has 0 unspecified atom stereocenters. The van der Waals surface area contributed by atoms with Gasteiger partial charge in [0.05, 0.1) is 0 Å². The molecule has 1 aromatic rings. The highest BCUT2D eigenvalue weighted by molar-refractivity contribution is 5.49. The SMILES string of the molecule is C[N-]c1ccc(C(C)(C)C)cc1. The molecule has 0 aromatic heterocycles. The third-order valence-electron chi connectivity index (χ3n) is 1.99. The molecule has 0 heterocycles. The smallest absolute Gasteiger partial charge is 0.0132 e. The standard InChI is InChI=1S/C11H16N/c1-11(2,3)9-5-7-10(12-4)8-6-9/h5-8H,1-4H3/q-1. The highest BCUT2D eigenvalue weighted by Crippen LogP contribution is 2.25. The zero-order chi connectivity index (χ0) is 9.19. The minimum absolute atomic E-state index is 0.242. The Morgan fingerprint density at radius 1 is 1.00 bits per heavy atom. The first-order chi connectivity index (χ1) is 5.54. The van der Waals surface area contributed by atoms with Crippen molar-refractivity contribution in [3.05, 3.63) is 35.1 Å². The molecule has 0 aliphatic heterocycles. The maximum absolute atomic E-state index is 4.09. The highest BCUT2D eigenvalue weighted by Gasteiger charge is 2.11. The van der Waals surface area contributed by atoms with Crippen molar-refractivity contribution in [3.63, 3.8) is 0 Å². The summed E-state index contributed by atoms with van der Waals surface area (Å²) >= 11 is 0. The lowest BCUT2D eigenvalue weighted by atomic mass is 9.87. The Morgan fingerprint density at radius 3 is 1.83 bits per heavy atom. The van der Waals surface area contributed by atoms with E-state index in [1.807, 2.05) is 7.05 Å². The Morgan fingerprint density at radius 2 is 1.50 bits per heavy atom. The molecule has 1 rings (SSSR count). The minimum atomic E-state index is 0.242. The van der Waals surface area contributed by atoms with Crippen molar-refractivity contribution in [3.8, 4) is 0 Å². The van der Waals surface area contributed by atoms with E-state index in [0.717, 1.165) is 5.69 Å². The number of hydrogen-bond donors (Lipinski definition) is 0. The van der Waals surface area contributed by atoms with Crippen molar-refractivity contribution in [2.45, 2.75) is 26.2 Å². The molecule has 0 saturated carbocycles. The summed E-state index contributed by atoms with van der Waals surface area (Å²) in [5.74, 6) is 0. The summed E-state index contributed by atoms with van der Waals surface area (Å²) in [5.41, 5.74) is 2.64. The van der Waals surface area contributed by atoms with Gasteiger partial charge < -0.3 is 5.32 Å². The van der Waals surface area contributed by atoms with Crippen LogP contribution in [0.1, 0.15) is 26.3 Å². The summed E-state index contributed by atoms with van der Waals surface area (Å²) in [7, 11) is 1.81. The van der Waals surface area contributed by atoms with Gasteiger partial charge in [0.25, 0.3) is 0 Å². The van der Waals surface area contributed by atoms with Gasteiger partial charge >= 0.3 is 0 Å². The molecule has 0 atom stereocenters. The fourth-order valence-electron chi connectivity index (χ4n) is 1.11. The van der Waals surface area contributed by atoms with Gasteiger partial charge in [-0.15, -0.1) is 12.7 Å². The number of benzene rings is 1. The van der Waals surface area contributed by atoms with Crippen molar-refractivity contribution in [2.24, 2.45) is 0 Å². The highest BCUT2D eigenvalue weighted by atomic mass is 14.8. The lowest BCUT2D eigenvalue weighted by Gasteiger charge is -2.21. The predicted molar refractivity (Wildman–Crippen MR) is 54.1 cm³/mol. The molecule has 0 aliphatic carbocycles. The van der Waals surface area contributed by atoms with Gasteiger partial charge in [0.15, 0.2) is 0 Å². The van der Waals surface area contributed by atoms with Gasteiger partial charge in [-0.3, -0.25) is 0 Å². The molecular weight excluding hydrogens is 146 g/mol. The molecule has 1 heteroatoms. The quantitative estimate of drug-likeness (QED) is 0.599. The summed E-state index contributed by atoms with van der Waals surface area (Å²) in [4.78, 5) is 0. The van der Waals surface area contributed by atoms with Crippen LogP contribution < -0.4 is 0 Å². The van der Waals surface area contributed by atoms with Gasteiger partial charge in [-0.05, 0) is 11.0 Å². The molecule has 0 bridgehead atoms. The Kier molecular flexibility index (Phi) is 2.41. The first-order valence-electron chi connectivity index (χ1n) is 4.24. The maximum atomic E-state index is 4.09. The summed E-state index contributed by atoms with van der Waals surface area (Å²) in [5, 5.41) is 4.09. The van der Waals surface area contributed by atoms with Crippen molar-refractivity contribution >= 4 is 5.69 Å². The summed E-state index contributed by atoms with van der Waals surface area (Å²) in [6, 6.07) is 8.39. The van der Waals surface area contributed by atoms with E-state index in [1.165, 1.54) is 5.56 Å².